The number of hydrogen-bond donors (Lipinski definition) is 2. The molecule has 4 aromatic rings. The molecule has 6 nitrogen and oxygen atoms in total. The Balaban J connectivity index is 1.75. The Kier molecular flexibility index (Phi) is 5.54. The van der Waals surface area contributed by atoms with Crippen molar-refractivity contribution >= 4 is 46.0 Å². The second-order valence-corrected chi connectivity index (χ2v) is 7.56. The number of ether oxygens (including phenoxy) is 2. The van der Waals surface area contributed by atoms with Crippen LogP contribution >= 0.6 is 11.3 Å². The van der Waals surface area contributed by atoms with Crippen molar-refractivity contribution in [1.29, 1.82) is 0 Å². The van der Waals surface area contributed by atoms with Crippen molar-refractivity contribution in [1.82, 2.24) is 10.2 Å². The number of rotatable bonds is 6. The highest BCUT2D eigenvalue weighted by Crippen LogP contribution is 2.39. The van der Waals surface area contributed by atoms with E-state index in [9.17, 15) is 4.79 Å². The highest BCUT2D eigenvalue weighted by Gasteiger charge is 2.19. The minimum atomic E-state index is -0.186. The number of nitrogens with one attached hydrogen (secondary N) is 2. The smallest absolute Gasteiger partial charge is 0.266 e. The third-order valence-corrected chi connectivity index (χ3v) is 5.82. The molecule has 0 fully saturated rings. The summed E-state index contributed by atoms with van der Waals surface area (Å²) < 4.78 is 11.0. The summed E-state index contributed by atoms with van der Waals surface area (Å²) in [5.41, 5.74) is 4.03. The van der Waals surface area contributed by atoms with Crippen LogP contribution in [0.15, 0.2) is 47.8 Å². The molecule has 2 aromatic heterocycles. The molecule has 0 aliphatic rings. The molecule has 0 saturated carbocycles. The molecule has 152 valence electrons. The van der Waals surface area contributed by atoms with Crippen LogP contribution in [-0.4, -0.2) is 30.3 Å². The van der Waals surface area contributed by atoms with Crippen LogP contribution in [0.1, 0.15) is 26.5 Å². The molecule has 0 aliphatic carbocycles. The molecule has 0 spiro atoms. The maximum atomic E-state index is 12.9. The average molecular weight is 420 g/mol. The third kappa shape index (κ3) is 3.67. The Morgan fingerprint density at radius 3 is 2.67 bits per heavy atom. The molecule has 1 amide bonds. The van der Waals surface area contributed by atoms with Gasteiger partial charge >= 0.3 is 0 Å². The third-order valence-electron chi connectivity index (χ3n) is 4.81. The predicted octanol–water partition coefficient (Wildman–Crippen LogP) is 5.37. The van der Waals surface area contributed by atoms with Crippen LogP contribution in [0.5, 0.6) is 11.5 Å². The molecule has 2 N–H and O–H groups in total. The van der Waals surface area contributed by atoms with Crippen LogP contribution < -0.4 is 14.8 Å². The van der Waals surface area contributed by atoms with E-state index in [0.29, 0.717) is 22.1 Å². The topological polar surface area (TPSA) is 76.2 Å². The van der Waals surface area contributed by atoms with Gasteiger partial charge in [0, 0.05) is 10.9 Å². The number of fused-ring (bicyclic) bond motifs is 1. The largest absolute Gasteiger partial charge is 0.493 e. The SMILES string of the molecule is COc1ccc(/C=C/c2n[nH]c3ccccc23)c(NC(=O)c2sccc2C)c1OC. The number of para-hydroxylation sites is 1. The van der Waals surface area contributed by atoms with Crippen molar-refractivity contribution < 1.29 is 14.3 Å². The first-order valence-corrected chi connectivity index (χ1v) is 10.2. The summed E-state index contributed by atoms with van der Waals surface area (Å²) >= 11 is 1.40. The first-order chi connectivity index (χ1) is 14.6. The quantitative estimate of drug-likeness (QED) is 0.440. The summed E-state index contributed by atoms with van der Waals surface area (Å²) in [5, 5.41) is 13.3. The minimum absolute atomic E-state index is 0.186. The molecule has 7 heteroatoms. The van der Waals surface area contributed by atoms with E-state index in [0.717, 1.165) is 27.7 Å². The molecule has 0 atom stereocenters. The molecule has 4 rings (SSSR count). The molecule has 2 aromatic carbocycles. The fraction of sp³-hybridized carbons (Fsp3) is 0.130. The Morgan fingerprint density at radius 1 is 1.10 bits per heavy atom. The Hall–Kier alpha value is -3.58. The molecule has 0 aliphatic heterocycles. The van der Waals surface area contributed by atoms with Crippen LogP contribution in [0.2, 0.25) is 0 Å². The van der Waals surface area contributed by atoms with Crippen molar-refractivity contribution in [2.45, 2.75) is 6.92 Å². The van der Waals surface area contributed by atoms with Gasteiger partial charge in [0.25, 0.3) is 5.91 Å². The van der Waals surface area contributed by atoms with Gasteiger partial charge in [-0.25, -0.2) is 0 Å². The number of carbonyl (C=O) groups is 1. The van der Waals surface area contributed by atoms with Crippen LogP contribution in [0, 0.1) is 6.92 Å². The zero-order valence-electron chi connectivity index (χ0n) is 16.9. The van der Waals surface area contributed by atoms with Crippen molar-refractivity contribution in [2.24, 2.45) is 0 Å². The van der Waals surface area contributed by atoms with Gasteiger partial charge in [-0.1, -0.05) is 24.3 Å². The summed E-state index contributed by atoms with van der Waals surface area (Å²) in [4.78, 5) is 13.5. The summed E-state index contributed by atoms with van der Waals surface area (Å²) in [6.45, 7) is 1.91. The number of H-pyrrole nitrogens is 1. The maximum Gasteiger partial charge on any atom is 0.266 e. The van der Waals surface area contributed by atoms with Gasteiger partial charge in [0.15, 0.2) is 11.5 Å². The van der Waals surface area contributed by atoms with E-state index < -0.39 is 0 Å². The first kappa shape index (κ1) is 19.7. The Bertz CT molecular complexity index is 1240. The molecule has 0 saturated heterocycles. The Morgan fingerprint density at radius 2 is 1.93 bits per heavy atom. The number of hydrogen-bond acceptors (Lipinski definition) is 5. The van der Waals surface area contributed by atoms with Crippen molar-refractivity contribution in [3.05, 3.63) is 69.5 Å². The highest BCUT2D eigenvalue weighted by molar-refractivity contribution is 7.12. The highest BCUT2D eigenvalue weighted by atomic mass is 32.1. The number of amides is 1. The minimum Gasteiger partial charge on any atom is -0.493 e. The maximum absolute atomic E-state index is 12.9. The molecular formula is C23H21N3O3S. The van der Waals surface area contributed by atoms with Crippen LogP contribution in [0.3, 0.4) is 0 Å². The van der Waals surface area contributed by atoms with E-state index in [1.165, 1.54) is 11.3 Å². The summed E-state index contributed by atoms with van der Waals surface area (Å²) in [5.74, 6) is 0.820. The van der Waals surface area contributed by atoms with Gasteiger partial charge in [0.1, 0.15) is 0 Å². The molecule has 0 bridgehead atoms. The van der Waals surface area contributed by atoms with Gasteiger partial charge in [0.05, 0.1) is 36.0 Å². The van der Waals surface area contributed by atoms with Crippen molar-refractivity contribution in [3.63, 3.8) is 0 Å². The van der Waals surface area contributed by atoms with E-state index in [-0.39, 0.29) is 5.91 Å². The normalized spacial score (nSPS) is 11.2. The number of thiophene rings is 1. The van der Waals surface area contributed by atoms with E-state index in [1.54, 1.807) is 14.2 Å². The number of anilines is 1. The van der Waals surface area contributed by atoms with E-state index in [4.69, 9.17) is 9.47 Å². The monoisotopic (exact) mass is 419 g/mol. The second-order valence-electron chi connectivity index (χ2n) is 6.64. The van der Waals surface area contributed by atoms with Gasteiger partial charge in [-0.3, -0.25) is 9.89 Å². The van der Waals surface area contributed by atoms with Crippen LogP contribution in [0.25, 0.3) is 23.1 Å². The molecular weight excluding hydrogens is 398 g/mol. The summed E-state index contributed by atoms with van der Waals surface area (Å²) in [6.07, 6.45) is 3.81. The number of aromatic amines is 1. The standard InChI is InChI=1S/C23H21N3O3S/c1-14-12-13-30-22(14)23(27)24-20-15(9-11-19(28-2)21(20)29-3)8-10-18-16-6-4-5-7-17(16)25-26-18/h4-13H,1-3H3,(H,24,27)(H,25,26)/b10-8+. The lowest BCUT2D eigenvalue weighted by Crippen LogP contribution is -2.13. The van der Waals surface area contributed by atoms with Crippen LogP contribution in [-0.2, 0) is 0 Å². The number of benzene rings is 2. The zero-order chi connectivity index (χ0) is 21.1. The molecule has 30 heavy (non-hydrogen) atoms. The average Bonchev–Trinajstić information content (AvgIpc) is 3.38. The second kappa shape index (κ2) is 8.42. The predicted molar refractivity (Wildman–Crippen MR) is 122 cm³/mol. The van der Waals surface area contributed by atoms with Gasteiger partial charge in [0.2, 0.25) is 0 Å². The molecule has 0 unspecified atom stereocenters. The van der Waals surface area contributed by atoms with E-state index in [1.807, 2.05) is 66.9 Å². The van der Waals surface area contributed by atoms with Gasteiger partial charge in [-0.2, -0.15) is 5.10 Å². The van der Waals surface area contributed by atoms with Gasteiger partial charge in [-0.15, -0.1) is 11.3 Å². The zero-order valence-corrected chi connectivity index (χ0v) is 17.7. The lowest BCUT2D eigenvalue weighted by molar-refractivity contribution is 0.102. The number of methoxy groups -OCH3 is 2. The molecule has 0 radical (unpaired) electrons. The number of aryl methyl sites for hydroxylation is 1. The number of carbonyl (C=O) groups excluding carboxylic acids is 1. The van der Waals surface area contributed by atoms with E-state index in [2.05, 4.69) is 15.5 Å². The van der Waals surface area contributed by atoms with Gasteiger partial charge < -0.3 is 14.8 Å². The summed E-state index contributed by atoms with van der Waals surface area (Å²) in [7, 11) is 3.12. The summed E-state index contributed by atoms with van der Waals surface area (Å²) in [6, 6.07) is 13.5. The first-order valence-electron chi connectivity index (χ1n) is 9.34. The fourth-order valence-corrected chi connectivity index (χ4v) is 4.09. The fourth-order valence-electron chi connectivity index (χ4n) is 3.27. The number of nitrogens with zero attached hydrogens (tertiary/aromatic N) is 1. The number of aromatic nitrogens is 2. The van der Waals surface area contributed by atoms with Crippen LogP contribution in [0.4, 0.5) is 5.69 Å². The van der Waals surface area contributed by atoms with Gasteiger partial charge in [-0.05, 0) is 48.2 Å². The van der Waals surface area contributed by atoms with E-state index >= 15 is 0 Å². The lowest BCUT2D eigenvalue weighted by Gasteiger charge is -2.16. The molecule has 2 heterocycles. The van der Waals surface area contributed by atoms with Crippen molar-refractivity contribution in [3.8, 4) is 11.5 Å². The Labute approximate surface area is 178 Å². The lowest BCUT2D eigenvalue weighted by atomic mass is 10.1. The van der Waals surface area contributed by atoms with Crippen molar-refractivity contribution in [2.75, 3.05) is 19.5 Å².